The second kappa shape index (κ2) is 5.56. The first kappa shape index (κ1) is 13.6. The van der Waals surface area contributed by atoms with Crippen molar-refractivity contribution in [2.45, 2.75) is 31.6 Å². The fourth-order valence-corrected chi connectivity index (χ4v) is 3.76. The average molecular weight is 276 g/mol. The van der Waals surface area contributed by atoms with E-state index in [4.69, 9.17) is 5.73 Å². The van der Waals surface area contributed by atoms with Gasteiger partial charge in [0.15, 0.2) is 0 Å². The van der Waals surface area contributed by atoms with Crippen molar-refractivity contribution in [3.8, 4) is 0 Å². The number of likely N-dealkylation sites (tertiary alicyclic amines) is 1. The molecular formula is C15H24N4O. The number of amides is 1. The lowest BCUT2D eigenvalue weighted by Crippen LogP contribution is -2.37. The Bertz CT molecular complexity index is 484. The van der Waals surface area contributed by atoms with Gasteiger partial charge in [0.05, 0.1) is 6.20 Å². The Hall–Kier alpha value is -1.36. The number of aryl methyl sites for hydroxylation is 1. The minimum Gasteiger partial charge on any atom is -0.342 e. The normalized spacial score (nSPS) is 30.1. The highest BCUT2D eigenvalue weighted by Crippen LogP contribution is 2.35. The number of nitrogens with two attached hydrogens (primary N) is 1. The third kappa shape index (κ3) is 2.46. The lowest BCUT2D eigenvalue weighted by atomic mass is 9.95. The Morgan fingerprint density at radius 1 is 1.45 bits per heavy atom. The number of carbonyl (C=O) groups excluding carboxylic acids is 1. The highest BCUT2D eigenvalue weighted by Gasteiger charge is 2.37. The summed E-state index contributed by atoms with van der Waals surface area (Å²) in [6.07, 6.45) is 8.34. The van der Waals surface area contributed by atoms with Gasteiger partial charge in [-0.1, -0.05) is 6.42 Å². The third-order valence-corrected chi connectivity index (χ3v) is 4.98. The maximum atomic E-state index is 12.6. The van der Waals surface area contributed by atoms with Crippen molar-refractivity contribution in [3.05, 3.63) is 18.0 Å². The van der Waals surface area contributed by atoms with Gasteiger partial charge in [0.1, 0.15) is 0 Å². The quantitative estimate of drug-likeness (QED) is 0.899. The average Bonchev–Trinajstić information content (AvgIpc) is 3.17. The largest absolute Gasteiger partial charge is 0.342 e. The van der Waals surface area contributed by atoms with Gasteiger partial charge >= 0.3 is 0 Å². The second-order valence-corrected chi connectivity index (χ2v) is 6.25. The van der Waals surface area contributed by atoms with Crippen LogP contribution < -0.4 is 5.73 Å². The van der Waals surface area contributed by atoms with Gasteiger partial charge in [-0.25, -0.2) is 0 Å². The van der Waals surface area contributed by atoms with Gasteiger partial charge in [0, 0.05) is 38.2 Å². The van der Waals surface area contributed by atoms with Crippen molar-refractivity contribution >= 4 is 5.91 Å². The van der Waals surface area contributed by atoms with E-state index in [-0.39, 0.29) is 5.92 Å². The van der Waals surface area contributed by atoms with Crippen molar-refractivity contribution in [2.24, 2.45) is 24.6 Å². The molecule has 0 aromatic carbocycles. The van der Waals surface area contributed by atoms with Crippen LogP contribution in [0.1, 0.15) is 37.2 Å². The van der Waals surface area contributed by atoms with Gasteiger partial charge in [0.2, 0.25) is 5.91 Å². The van der Waals surface area contributed by atoms with E-state index >= 15 is 0 Å². The Morgan fingerprint density at radius 2 is 2.30 bits per heavy atom. The summed E-state index contributed by atoms with van der Waals surface area (Å²) < 4.78 is 1.83. The third-order valence-electron chi connectivity index (χ3n) is 4.98. The zero-order valence-electron chi connectivity index (χ0n) is 12.2. The molecule has 1 saturated heterocycles. The predicted molar refractivity (Wildman–Crippen MR) is 77.0 cm³/mol. The molecule has 20 heavy (non-hydrogen) atoms. The van der Waals surface area contributed by atoms with Gasteiger partial charge in [-0.05, 0) is 37.3 Å². The Labute approximate surface area is 120 Å². The first-order valence-electron chi connectivity index (χ1n) is 7.66. The van der Waals surface area contributed by atoms with E-state index in [9.17, 15) is 4.79 Å². The van der Waals surface area contributed by atoms with Gasteiger partial charge in [-0.15, -0.1) is 0 Å². The van der Waals surface area contributed by atoms with Crippen LogP contribution in [0.4, 0.5) is 0 Å². The maximum Gasteiger partial charge on any atom is 0.226 e. The van der Waals surface area contributed by atoms with Crippen molar-refractivity contribution in [1.29, 1.82) is 0 Å². The molecule has 1 aromatic heterocycles. The van der Waals surface area contributed by atoms with E-state index in [0.717, 1.165) is 38.8 Å². The molecule has 1 aromatic rings. The van der Waals surface area contributed by atoms with E-state index in [0.29, 0.717) is 24.3 Å². The number of nitrogens with zero attached hydrogens (tertiary/aromatic N) is 3. The molecule has 0 bridgehead atoms. The summed E-state index contributed by atoms with van der Waals surface area (Å²) in [6, 6.07) is 0. The van der Waals surface area contributed by atoms with Crippen LogP contribution in [0.25, 0.3) is 0 Å². The van der Waals surface area contributed by atoms with E-state index in [2.05, 4.69) is 16.2 Å². The molecule has 2 N–H and O–H groups in total. The van der Waals surface area contributed by atoms with Crippen LogP contribution in [-0.2, 0) is 11.8 Å². The lowest BCUT2D eigenvalue weighted by Gasteiger charge is -2.24. The second-order valence-electron chi connectivity index (χ2n) is 6.25. The van der Waals surface area contributed by atoms with Crippen LogP contribution in [0, 0.1) is 11.8 Å². The molecule has 2 aliphatic rings. The topological polar surface area (TPSA) is 64.2 Å². The van der Waals surface area contributed by atoms with Gasteiger partial charge < -0.3 is 10.6 Å². The molecule has 5 nitrogen and oxygen atoms in total. The summed E-state index contributed by atoms with van der Waals surface area (Å²) in [7, 11) is 1.94. The van der Waals surface area contributed by atoms with Crippen molar-refractivity contribution < 1.29 is 4.79 Å². The molecule has 110 valence electrons. The molecule has 1 amide bonds. The van der Waals surface area contributed by atoms with Crippen LogP contribution in [0.3, 0.4) is 0 Å². The summed E-state index contributed by atoms with van der Waals surface area (Å²) in [4.78, 5) is 14.7. The molecule has 1 unspecified atom stereocenters. The maximum absolute atomic E-state index is 12.6. The molecule has 1 aliphatic heterocycles. The van der Waals surface area contributed by atoms with Crippen molar-refractivity contribution in [1.82, 2.24) is 14.7 Å². The van der Waals surface area contributed by atoms with Crippen LogP contribution in [0.5, 0.6) is 0 Å². The Morgan fingerprint density at radius 3 is 3.00 bits per heavy atom. The molecule has 0 radical (unpaired) electrons. The molecule has 5 heteroatoms. The van der Waals surface area contributed by atoms with E-state index in [1.165, 1.54) is 5.56 Å². The zero-order chi connectivity index (χ0) is 14.1. The minimum atomic E-state index is 0.174. The fourth-order valence-electron chi connectivity index (χ4n) is 3.76. The van der Waals surface area contributed by atoms with Crippen LogP contribution in [0.15, 0.2) is 12.4 Å². The van der Waals surface area contributed by atoms with Crippen LogP contribution in [0.2, 0.25) is 0 Å². The van der Waals surface area contributed by atoms with E-state index in [1.54, 1.807) is 0 Å². The molecule has 0 spiro atoms. The van der Waals surface area contributed by atoms with Gasteiger partial charge in [0.25, 0.3) is 0 Å². The standard InChI is InChI=1S/C15H24N4O/c1-18-9-13(8-17-18)12-5-6-19(10-12)15(20)14-4-2-3-11(14)7-16/h8-9,11-12,14H,2-7,10,16H2,1H3/t11-,12?,14-/m1/s1. The summed E-state index contributed by atoms with van der Waals surface area (Å²) in [5, 5.41) is 4.23. The molecular weight excluding hydrogens is 252 g/mol. The number of carbonyl (C=O) groups is 1. The summed E-state index contributed by atoms with van der Waals surface area (Å²) in [5.41, 5.74) is 7.05. The minimum absolute atomic E-state index is 0.174. The molecule has 3 rings (SSSR count). The summed E-state index contributed by atoms with van der Waals surface area (Å²) in [5.74, 6) is 1.36. The fraction of sp³-hybridized carbons (Fsp3) is 0.733. The summed E-state index contributed by atoms with van der Waals surface area (Å²) >= 11 is 0. The smallest absolute Gasteiger partial charge is 0.226 e. The summed E-state index contributed by atoms with van der Waals surface area (Å²) in [6.45, 7) is 2.38. The highest BCUT2D eigenvalue weighted by molar-refractivity contribution is 5.80. The first-order valence-corrected chi connectivity index (χ1v) is 7.66. The first-order chi connectivity index (χ1) is 9.69. The van der Waals surface area contributed by atoms with Crippen molar-refractivity contribution in [2.75, 3.05) is 19.6 Å². The number of aromatic nitrogens is 2. The van der Waals surface area contributed by atoms with E-state index in [1.807, 2.05) is 17.9 Å². The number of hydrogen-bond acceptors (Lipinski definition) is 3. The molecule has 2 fully saturated rings. The van der Waals surface area contributed by atoms with Crippen LogP contribution in [-0.4, -0.2) is 40.2 Å². The molecule has 1 saturated carbocycles. The number of rotatable bonds is 3. The monoisotopic (exact) mass is 276 g/mol. The zero-order valence-corrected chi connectivity index (χ0v) is 12.2. The van der Waals surface area contributed by atoms with Crippen LogP contribution >= 0.6 is 0 Å². The predicted octanol–water partition coefficient (Wildman–Crippen LogP) is 1.11. The SMILES string of the molecule is Cn1cc(C2CCN(C(=O)[C@@H]3CCC[C@@H]3CN)C2)cn1. The van der Waals surface area contributed by atoms with Gasteiger partial charge in [-0.2, -0.15) is 5.10 Å². The Balaban J connectivity index is 1.63. The van der Waals surface area contributed by atoms with E-state index < -0.39 is 0 Å². The number of hydrogen-bond donors (Lipinski definition) is 1. The molecule has 1 aliphatic carbocycles. The Kier molecular flexibility index (Phi) is 3.78. The molecule has 2 heterocycles. The highest BCUT2D eigenvalue weighted by atomic mass is 16.2. The molecule has 3 atom stereocenters. The van der Waals surface area contributed by atoms with Crippen molar-refractivity contribution in [3.63, 3.8) is 0 Å². The van der Waals surface area contributed by atoms with Gasteiger partial charge in [-0.3, -0.25) is 9.48 Å². The lowest BCUT2D eigenvalue weighted by molar-refractivity contribution is -0.135.